The molecule has 7 heteroatoms. The Morgan fingerprint density at radius 1 is 1.33 bits per heavy atom. The van der Waals surface area contributed by atoms with Crippen LogP contribution in [0.25, 0.3) is 0 Å². The summed E-state index contributed by atoms with van der Waals surface area (Å²) in [5, 5.41) is 8.96. The minimum absolute atomic E-state index is 0.538. The van der Waals surface area contributed by atoms with Gasteiger partial charge in [0.25, 0.3) is 0 Å². The van der Waals surface area contributed by atoms with E-state index in [0.29, 0.717) is 5.56 Å². The molecule has 2 N–H and O–H groups in total. The van der Waals surface area contributed by atoms with Crippen LogP contribution in [-0.2, 0) is 4.79 Å². The van der Waals surface area contributed by atoms with Crippen LogP contribution in [0.2, 0.25) is 0 Å². The number of nitrogens with one attached hydrogen (secondary N) is 1. The molecule has 18 heavy (non-hydrogen) atoms. The molecule has 1 aromatic carbocycles. The summed E-state index contributed by atoms with van der Waals surface area (Å²) in [5.41, 5.74) is -3.84. The Kier molecular flexibility index (Phi) is 5.03. The number of aliphatic carboxylic acids is 1. The lowest BCUT2D eigenvalue weighted by Crippen LogP contribution is -2.38. The fourth-order valence-corrected chi connectivity index (χ4v) is 2.01. The fraction of sp³-hybridized carbons (Fsp3) is 0.364. The lowest BCUT2D eigenvalue weighted by atomic mass is 9.94. The predicted octanol–water partition coefficient (Wildman–Crippen LogP) is 3.00. The summed E-state index contributed by atoms with van der Waals surface area (Å²) in [7, 11) is 0. The molecule has 0 fully saturated rings. The first-order chi connectivity index (χ1) is 8.31. The highest BCUT2D eigenvalue weighted by Gasteiger charge is 2.34. The van der Waals surface area contributed by atoms with E-state index in [1.165, 1.54) is 0 Å². The third-order valence-electron chi connectivity index (χ3n) is 2.39. The lowest BCUT2D eigenvalue weighted by Gasteiger charge is -2.21. The summed E-state index contributed by atoms with van der Waals surface area (Å²) < 4.78 is 38.1. The van der Waals surface area contributed by atoms with Gasteiger partial charge in [-0.1, -0.05) is 37.3 Å². The van der Waals surface area contributed by atoms with E-state index < -0.39 is 35.4 Å². The molecule has 1 rings (SSSR count). The van der Waals surface area contributed by atoms with Crippen molar-refractivity contribution < 1.29 is 23.1 Å². The van der Waals surface area contributed by atoms with Crippen LogP contribution in [0.15, 0.2) is 30.3 Å². The highest BCUT2D eigenvalue weighted by Crippen LogP contribution is 2.30. The van der Waals surface area contributed by atoms with Gasteiger partial charge >= 0.3 is 11.5 Å². The number of carbonyl (C=O) groups is 1. The summed E-state index contributed by atoms with van der Waals surface area (Å²) >= 11 is -0.538. The topological polar surface area (TPSA) is 49.3 Å². The Labute approximate surface area is 107 Å². The average molecular weight is 279 g/mol. The Morgan fingerprint density at radius 2 is 1.89 bits per heavy atom. The van der Waals surface area contributed by atoms with E-state index in [-0.39, 0.29) is 0 Å². The maximum atomic E-state index is 12.1. The molecule has 0 amide bonds. The van der Waals surface area contributed by atoms with Crippen molar-refractivity contribution >= 4 is 17.9 Å². The van der Waals surface area contributed by atoms with E-state index in [4.69, 9.17) is 5.11 Å². The van der Waals surface area contributed by atoms with Crippen molar-refractivity contribution in [2.75, 3.05) is 0 Å². The van der Waals surface area contributed by atoms with Crippen LogP contribution in [0, 0.1) is 0 Å². The third-order valence-corrected chi connectivity index (χ3v) is 3.00. The van der Waals surface area contributed by atoms with Crippen LogP contribution in [0.1, 0.15) is 18.4 Å². The van der Waals surface area contributed by atoms with Crippen LogP contribution >= 0.6 is 11.9 Å². The Bertz CT molecular complexity index is 397. The van der Waals surface area contributed by atoms with Crippen molar-refractivity contribution in [1.82, 2.24) is 4.72 Å². The number of carboxylic acids is 1. The van der Waals surface area contributed by atoms with Gasteiger partial charge in [-0.2, -0.15) is 13.2 Å². The predicted molar refractivity (Wildman–Crippen MR) is 63.1 cm³/mol. The maximum Gasteiger partial charge on any atom is 0.456 e. The molecule has 0 radical (unpaired) electrons. The molecule has 0 saturated heterocycles. The molecule has 0 unspecified atom stereocenters. The van der Waals surface area contributed by atoms with Gasteiger partial charge in [0, 0.05) is 17.9 Å². The van der Waals surface area contributed by atoms with E-state index in [2.05, 4.69) is 0 Å². The molecule has 0 saturated carbocycles. The zero-order valence-corrected chi connectivity index (χ0v) is 10.3. The van der Waals surface area contributed by atoms with Gasteiger partial charge in [-0.05, 0) is 5.56 Å². The van der Waals surface area contributed by atoms with Crippen LogP contribution in [-0.4, -0.2) is 22.6 Å². The molecule has 0 aromatic heterocycles. The Hall–Kier alpha value is -1.21. The van der Waals surface area contributed by atoms with Crippen molar-refractivity contribution in [3.8, 4) is 0 Å². The summed E-state index contributed by atoms with van der Waals surface area (Å²) in [5.74, 6) is -1.89. The highest BCUT2D eigenvalue weighted by atomic mass is 32.2. The number of halogens is 3. The van der Waals surface area contributed by atoms with E-state index in [9.17, 15) is 18.0 Å². The molecular formula is C11H12F3NO2S. The van der Waals surface area contributed by atoms with Crippen molar-refractivity contribution in [3.05, 3.63) is 35.9 Å². The second-order valence-electron chi connectivity index (χ2n) is 3.68. The first kappa shape index (κ1) is 14.8. The second-order valence-corrected chi connectivity index (χ2v) is 4.58. The molecule has 3 nitrogen and oxygen atoms in total. The first-order valence-corrected chi connectivity index (χ1v) is 5.91. The molecule has 0 aliphatic heterocycles. The van der Waals surface area contributed by atoms with E-state index >= 15 is 0 Å². The normalized spacial score (nSPS) is 15.1. The Balaban J connectivity index is 2.76. The monoisotopic (exact) mass is 279 g/mol. The quantitative estimate of drug-likeness (QED) is 0.813. The minimum atomic E-state index is -4.51. The molecule has 0 aliphatic carbocycles. The van der Waals surface area contributed by atoms with E-state index in [0.717, 1.165) is 0 Å². The number of hydrogen-bond donors (Lipinski definition) is 2. The van der Waals surface area contributed by atoms with Gasteiger partial charge in [0.05, 0.1) is 0 Å². The zero-order chi connectivity index (χ0) is 13.8. The molecule has 1 aromatic rings. The smallest absolute Gasteiger partial charge is 0.456 e. The lowest BCUT2D eigenvalue weighted by molar-refractivity contribution is -0.139. The van der Waals surface area contributed by atoms with Gasteiger partial charge in [-0.3, -0.25) is 4.79 Å². The average Bonchev–Trinajstić information content (AvgIpc) is 2.28. The van der Waals surface area contributed by atoms with Gasteiger partial charge in [0.2, 0.25) is 0 Å². The molecule has 2 atom stereocenters. The van der Waals surface area contributed by atoms with Crippen molar-refractivity contribution in [3.63, 3.8) is 0 Å². The SMILES string of the molecule is C[C@@H](c1ccccc1)[C@H](NSC(F)(F)F)C(=O)O. The van der Waals surface area contributed by atoms with Crippen LogP contribution < -0.4 is 4.72 Å². The Morgan fingerprint density at radius 3 is 2.33 bits per heavy atom. The van der Waals surface area contributed by atoms with Crippen LogP contribution in [0.4, 0.5) is 13.2 Å². The number of carboxylic acid groups (broad SMARTS) is 1. The van der Waals surface area contributed by atoms with Gasteiger partial charge in [0.1, 0.15) is 6.04 Å². The summed E-state index contributed by atoms with van der Waals surface area (Å²) in [6.07, 6.45) is 0. The maximum absolute atomic E-state index is 12.1. The summed E-state index contributed by atoms with van der Waals surface area (Å²) in [6, 6.07) is 7.23. The standard InChI is InChI=1S/C11H12F3NO2S/c1-7(8-5-3-2-4-6-8)9(10(16)17)15-18-11(12,13)14/h2-7,9,15H,1H3,(H,16,17)/t7-,9-/m0/s1. The van der Waals surface area contributed by atoms with Crippen molar-refractivity contribution in [1.29, 1.82) is 0 Å². The van der Waals surface area contributed by atoms with Gasteiger partial charge in [-0.15, -0.1) is 0 Å². The molecule has 0 aliphatic rings. The summed E-state index contributed by atoms with van der Waals surface area (Å²) in [6.45, 7) is 1.57. The van der Waals surface area contributed by atoms with Crippen LogP contribution in [0.5, 0.6) is 0 Å². The fourth-order valence-electron chi connectivity index (χ4n) is 1.45. The summed E-state index contributed by atoms with van der Waals surface area (Å²) in [4.78, 5) is 11.0. The molecule has 0 heterocycles. The molecular weight excluding hydrogens is 267 g/mol. The third kappa shape index (κ3) is 4.58. The highest BCUT2D eigenvalue weighted by molar-refractivity contribution is 7.98. The minimum Gasteiger partial charge on any atom is -0.480 e. The van der Waals surface area contributed by atoms with Gasteiger partial charge in [0.15, 0.2) is 0 Å². The van der Waals surface area contributed by atoms with Crippen molar-refractivity contribution in [2.45, 2.75) is 24.4 Å². The molecule has 0 spiro atoms. The number of rotatable bonds is 5. The number of alkyl halides is 3. The first-order valence-electron chi connectivity index (χ1n) is 5.09. The number of hydrogen-bond acceptors (Lipinski definition) is 3. The van der Waals surface area contributed by atoms with E-state index in [1.807, 2.05) is 4.72 Å². The second kappa shape index (κ2) is 6.10. The van der Waals surface area contributed by atoms with Crippen LogP contribution in [0.3, 0.4) is 0 Å². The van der Waals surface area contributed by atoms with Crippen molar-refractivity contribution in [2.24, 2.45) is 0 Å². The zero-order valence-electron chi connectivity index (χ0n) is 9.44. The molecule has 0 bridgehead atoms. The van der Waals surface area contributed by atoms with Gasteiger partial charge in [-0.25, -0.2) is 4.72 Å². The largest absolute Gasteiger partial charge is 0.480 e. The molecule has 100 valence electrons. The number of benzene rings is 1. The van der Waals surface area contributed by atoms with E-state index in [1.54, 1.807) is 37.3 Å². The van der Waals surface area contributed by atoms with Gasteiger partial charge < -0.3 is 5.11 Å².